The van der Waals surface area contributed by atoms with E-state index in [1.165, 1.54) is 6.08 Å². The number of hydrogen-bond acceptors (Lipinski definition) is 2. The predicted molar refractivity (Wildman–Crippen MR) is 178 cm³/mol. The van der Waals surface area contributed by atoms with E-state index in [2.05, 4.69) is 112 Å². The maximum atomic E-state index is 13.6. The SMILES string of the molecule is CC(C)[Si](C#Cc1c2c(c(C#C[Si](C(C)C)(C(C)C)C(C)C)c3ccccc13)C(=O)C(=O)C=C2)(C(C)C)C(C)C. The highest BCUT2D eigenvalue weighted by atomic mass is 28.3. The summed E-state index contributed by atoms with van der Waals surface area (Å²) in [4.78, 5) is 26.4. The first-order valence-corrected chi connectivity index (χ1v) is 19.5. The molecule has 4 heteroatoms. The molecule has 3 rings (SSSR count). The van der Waals surface area contributed by atoms with E-state index in [-0.39, 0.29) is 0 Å². The number of fused-ring (bicyclic) bond motifs is 2. The van der Waals surface area contributed by atoms with Gasteiger partial charge in [-0.1, -0.05) is 119 Å². The van der Waals surface area contributed by atoms with Gasteiger partial charge in [0.1, 0.15) is 16.1 Å². The molecule has 0 amide bonds. The molecule has 0 saturated carbocycles. The van der Waals surface area contributed by atoms with E-state index >= 15 is 0 Å². The Hall–Kier alpha value is -2.67. The summed E-state index contributed by atoms with van der Waals surface area (Å²) in [6.45, 7) is 27.6. The Labute approximate surface area is 245 Å². The number of rotatable bonds is 6. The molecule has 2 aromatic carbocycles. The van der Waals surface area contributed by atoms with Crippen LogP contribution in [0.2, 0.25) is 33.2 Å². The third-order valence-electron chi connectivity index (χ3n) is 9.65. The molecule has 0 unspecified atom stereocenters. The summed E-state index contributed by atoms with van der Waals surface area (Å²) < 4.78 is 0. The van der Waals surface area contributed by atoms with E-state index in [1.807, 2.05) is 24.3 Å². The summed E-state index contributed by atoms with van der Waals surface area (Å²) in [5, 5.41) is 1.93. The topological polar surface area (TPSA) is 34.1 Å². The molecule has 212 valence electrons. The number of carbonyl (C=O) groups excluding carboxylic acids is 2. The fourth-order valence-electron chi connectivity index (χ4n) is 7.69. The molecule has 0 atom stereocenters. The predicted octanol–water partition coefficient (Wildman–Crippen LogP) is 9.76. The average molecular weight is 569 g/mol. The largest absolute Gasteiger partial charge is 0.286 e. The third kappa shape index (κ3) is 5.22. The van der Waals surface area contributed by atoms with Gasteiger partial charge in [0.15, 0.2) is 0 Å². The summed E-state index contributed by atoms with van der Waals surface area (Å²) in [7, 11) is -4.10. The number of carbonyl (C=O) groups is 2. The average Bonchev–Trinajstić information content (AvgIpc) is 2.86. The van der Waals surface area contributed by atoms with Gasteiger partial charge in [0, 0.05) is 16.7 Å². The first-order chi connectivity index (χ1) is 18.6. The highest BCUT2D eigenvalue weighted by Gasteiger charge is 2.43. The van der Waals surface area contributed by atoms with Gasteiger partial charge in [0.25, 0.3) is 0 Å². The van der Waals surface area contributed by atoms with Crippen LogP contribution in [0.25, 0.3) is 16.8 Å². The number of hydrogen-bond donors (Lipinski definition) is 0. The van der Waals surface area contributed by atoms with Crippen LogP contribution >= 0.6 is 0 Å². The highest BCUT2D eigenvalue weighted by molar-refractivity contribution is 6.91. The van der Waals surface area contributed by atoms with E-state index < -0.39 is 27.7 Å². The molecule has 0 aromatic heterocycles. The summed E-state index contributed by atoms with van der Waals surface area (Å²) in [6, 6.07) is 8.17. The maximum Gasteiger partial charge on any atom is 0.234 e. The molecule has 0 aliphatic heterocycles. The molecule has 0 saturated heterocycles. The minimum absolute atomic E-state index is 0.438. The van der Waals surface area contributed by atoms with Gasteiger partial charge in [-0.3, -0.25) is 9.59 Å². The number of Topliss-reactive ketones (excluding diaryl/α,β-unsaturated/α-hetero) is 1. The van der Waals surface area contributed by atoms with Crippen LogP contribution < -0.4 is 0 Å². The van der Waals surface area contributed by atoms with Crippen molar-refractivity contribution in [3.05, 3.63) is 52.6 Å². The van der Waals surface area contributed by atoms with Crippen LogP contribution in [0.5, 0.6) is 0 Å². The second-order valence-electron chi connectivity index (χ2n) is 13.4. The maximum absolute atomic E-state index is 13.6. The minimum atomic E-state index is -2.07. The Bertz CT molecular complexity index is 1420. The van der Waals surface area contributed by atoms with Gasteiger partial charge in [-0.05, 0) is 56.2 Å². The molecule has 0 N–H and O–H groups in total. The minimum Gasteiger partial charge on any atom is -0.286 e. The van der Waals surface area contributed by atoms with E-state index in [0.717, 1.165) is 21.9 Å². The summed E-state index contributed by atoms with van der Waals surface area (Å²) in [5.41, 5.74) is 13.3. The zero-order valence-electron chi connectivity index (χ0n) is 26.7. The lowest BCUT2D eigenvalue weighted by Crippen LogP contribution is -2.43. The quantitative estimate of drug-likeness (QED) is 0.197. The standard InChI is InChI=1S/C36H48O2Si2/c1-23(2)39(24(3)4,25(5)6)21-19-31-29-15-13-14-16-30(29)33(35-32(31)17-18-34(37)36(35)38)20-22-40(26(7)8,27(9)10)28(11)12/h13-18,23-28H,1-12H3. The van der Waals surface area contributed by atoms with Crippen molar-refractivity contribution in [2.75, 3.05) is 0 Å². The lowest BCUT2D eigenvalue weighted by atomic mass is 9.84. The van der Waals surface area contributed by atoms with Gasteiger partial charge < -0.3 is 0 Å². The van der Waals surface area contributed by atoms with Gasteiger partial charge in [-0.15, -0.1) is 11.1 Å². The second-order valence-corrected chi connectivity index (χ2v) is 24.6. The number of benzene rings is 2. The Morgan fingerprint density at radius 3 is 1.32 bits per heavy atom. The molecule has 2 nitrogen and oxygen atoms in total. The van der Waals surface area contributed by atoms with Crippen LogP contribution in [-0.2, 0) is 4.79 Å². The fraction of sp³-hybridized carbons (Fsp3) is 0.500. The molecule has 1 aliphatic rings. The van der Waals surface area contributed by atoms with Crippen molar-refractivity contribution in [1.29, 1.82) is 0 Å². The van der Waals surface area contributed by atoms with Crippen LogP contribution in [-0.4, -0.2) is 27.7 Å². The first kappa shape index (κ1) is 31.9. The van der Waals surface area contributed by atoms with Crippen LogP contribution in [0.1, 0.15) is 110 Å². The first-order valence-electron chi connectivity index (χ1n) is 15.1. The Balaban J connectivity index is 2.51. The summed E-state index contributed by atoms with van der Waals surface area (Å²) >= 11 is 0. The third-order valence-corrected chi connectivity index (χ3v) is 22.2. The molecular weight excluding hydrogens is 521 g/mol. The van der Waals surface area contributed by atoms with Crippen molar-refractivity contribution in [2.24, 2.45) is 0 Å². The number of allylic oxidation sites excluding steroid dienone is 1. The van der Waals surface area contributed by atoms with Crippen LogP contribution in [0.4, 0.5) is 0 Å². The Morgan fingerprint density at radius 1 is 0.550 bits per heavy atom. The van der Waals surface area contributed by atoms with Gasteiger partial charge >= 0.3 is 0 Å². The molecular formula is C36H48O2Si2. The lowest BCUT2D eigenvalue weighted by molar-refractivity contribution is -0.110. The van der Waals surface area contributed by atoms with Crippen molar-refractivity contribution in [3.63, 3.8) is 0 Å². The molecule has 0 fully saturated rings. The van der Waals surface area contributed by atoms with Crippen molar-refractivity contribution in [2.45, 2.75) is 116 Å². The van der Waals surface area contributed by atoms with E-state index in [9.17, 15) is 9.59 Å². The monoisotopic (exact) mass is 568 g/mol. The van der Waals surface area contributed by atoms with Crippen LogP contribution in [0, 0.1) is 22.9 Å². The molecule has 40 heavy (non-hydrogen) atoms. The van der Waals surface area contributed by atoms with Crippen LogP contribution in [0.3, 0.4) is 0 Å². The van der Waals surface area contributed by atoms with E-state index in [4.69, 9.17) is 0 Å². The highest BCUT2D eigenvalue weighted by Crippen LogP contribution is 2.43. The zero-order chi connectivity index (χ0) is 30.2. The fourth-order valence-corrected chi connectivity index (χ4v) is 18.1. The second kappa shape index (κ2) is 12.1. The normalized spacial score (nSPS) is 13.9. The van der Waals surface area contributed by atoms with Crippen molar-refractivity contribution < 1.29 is 9.59 Å². The van der Waals surface area contributed by atoms with Crippen molar-refractivity contribution in [1.82, 2.24) is 0 Å². The van der Waals surface area contributed by atoms with Crippen molar-refractivity contribution >= 4 is 44.6 Å². The smallest absolute Gasteiger partial charge is 0.234 e. The number of ketones is 2. The summed E-state index contributed by atoms with van der Waals surface area (Å²) in [5.74, 6) is 6.26. The Morgan fingerprint density at radius 2 is 0.925 bits per heavy atom. The van der Waals surface area contributed by atoms with Gasteiger partial charge in [-0.25, -0.2) is 0 Å². The van der Waals surface area contributed by atoms with Gasteiger partial charge in [-0.2, -0.15) is 0 Å². The van der Waals surface area contributed by atoms with Crippen molar-refractivity contribution in [3.8, 4) is 22.9 Å². The van der Waals surface area contributed by atoms with Gasteiger partial charge in [0.05, 0.1) is 5.56 Å². The van der Waals surface area contributed by atoms with E-state index in [0.29, 0.717) is 44.4 Å². The summed E-state index contributed by atoms with van der Waals surface area (Å²) in [6.07, 6.45) is 3.22. The molecule has 0 bridgehead atoms. The van der Waals surface area contributed by atoms with Crippen LogP contribution in [0.15, 0.2) is 30.3 Å². The molecule has 2 aromatic rings. The Kier molecular flexibility index (Phi) is 9.60. The van der Waals surface area contributed by atoms with Gasteiger partial charge in [0.2, 0.25) is 11.6 Å². The molecule has 0 radical (unpaired) electrons. The molecule has 0 spiro atoms. The van der Waals surface area contributed by atoms with E-state index in [1.54, 1.807) is 0 Å². The molecule has 1 aliphatic carbocycles. The zero-order valence-corrected chi connectivity index (χ0v) is 28.7. The molecule has 0 heterocycles. The lowest BCUT2D eigenvalue weighted by Gasteiger charge is -2.38.